The maximum atomic E-state index is 12.3. The molecule has 0 saturated carbocycles. The van der Waals surface area contributed by atoms with Gasteiger partial charge in [0.1, 0.15) is 6.29 Å². The predicted octanol–water partition coefficient (Wildman–Crippen LogP) is 1.51. The van der Waals surface area contributed by atoms with Gasteiger partial charge in [0, 0.05) is 0 Å². The molecule has 0 heterocycles. The summed E-state index contributed by atoms with van der Waals surface area (Å²) < 4.78 is 29.7. The van der Waals surface area contributed by atoms with E-state index in [1.807, 2.05) is 6.92 Å². The van der Waals surface area contributed by atoms with Crippen LogP contribution >= 0.6 is 0 Å². The Morgan fingerprint density at radius 3 is 2.40 bits per heavy atom. The minimum atomic E-state index is -4.02. The number of allylic oxidation sites excluding steroid dienone is 1. The van der Waals surface area contributed by atoms with Crippen molar-refractivity contribution in [1.29, 1.82) is 0 Å². The zero-order valence-corrected chi connectivity index (χ0v) is 12.0. The summed E-state index contributed by atoms with van der Waals surface area (Å²) in [5, 5.41) is 0. The minimum absolute atomic E-state index is 0.0204. The molecule has 108 valence electrons. The number of rotatable bonds is 5. The first-order valence-electron chi connectivity index (χ1n) is 5.71. The van der Waals surface area contributed by atoms with Crippen LogP contribution in [0.4, 0.5) is 4.79 Å². The molecule has 0 aliphatic carbocycles. The predicted molar refractivity (Wildman–Crippen MR) is 72.7 cm³/mol. The molecule has 0 unspecified atom stereocenters. The Balaban J connectivity index is 3.16. The number of methoxy groups -OCH3 is 1. The highest BCUT2D eigenvalue weighted by molar-refractivity contribution is 7.89. The summed E-state index contributed by atoms with van der Waals surface area (Å²) in [5.74, 6) is 0. The molecule has 0 bridgehead atoms. The SMILES string of the molecule is COC(=O)N(C/C=C/C=O)S(=O)(=O)c1ccc(C)cc1. The van der Waals surface area contributed by atoms with Gasteiger partial charge in [0.15, 0.2) is 0 Å². The summed E-state index contributed by atoms with van der Waals surface area (Å²) in [6.07, 6.45) is 1.85. The number of hydrogen-bond acceptors (Lipinski definition) is 5. The third-order valence-corrected chi connectivity index (χ3v) is 4.22. The van der Waals surface area contributed by atoms with Gasteiger partial charge in [-0.15, -0.1) is 0 Å². The molecule has 1 amide bonds. The molecular weight excluding hydrogens is 282 g/mol. The quantitative estimate of drug-likeness (QED) is 0.608. The lowest BCUT2D eigenvalue weighted by atomic mass is 10.2. The van der Waals surface area contributed by atoms with Crippen molar-refractivity contribution in [2.45, 2.75) is 11.8 Å². The Bertz CT molecular complexity index is 604. The Morgan fingerprint density at radius 1 is 1.30 bits per heavy atom. The van der Waals surface area contributed by atoms with Crippen LogP contribution in [0.15, 0.2) is 41.3 Å². The zero-order chi connectivity index (χ0) is 15.2. The fourth-order valence-corrected chi connectivity index (χ4v) is 2.71. The molecule has 0 aliphatic heterocycles. The van der Waals surface area contributed by atoms with Gasteiger partial charge in [-0.3, -0.25) is 4.79 Å². The average Bonchev–Trinajstić information content (AvgIpc) is 2.43. The molecule has 0 saturated heterocycles. The number of carbonyl (C=O) groups excluding carboxylic acids is 2. The second-order valence-corrected chi connectivity index (χ2v) is 5.75. The summed E-state index contributed by atoms with van der Waals surface area (Å²) >= 11 is 0. The fraction of sp³-hybridized carbons (Fsp3) is 0.231. The van der Waals surface area contributed by atoms with Gasteiger partial charge in [-0.2, -0.15) is 4.31 Å². The van der Waals surface area contributed by atoms with E-state index in [-0.39, 0.29) is 11.4 Å². The van der Waals surface area contributed by atoms with Gasteiger partial charge >= 0.3 is 6.09 Å². The fourth-order valence-electron chi connectivity index (χ4n) is 1.42. The van der Waals surface area contributed by atoms with Crippen molar-refractivity contribution in [2.24, 2.45) is 0 Å². The summed E-state index contributed by atoms with van der Waals surface area (Å²) in [4.78, 5) is 21.8. The summed E-state index contributed by atoms with van der Waals surface area (Å²) in [5.41, 5.74) is 0.898. The van der Waals surface area contributed by atoms with E-state index in [0.717, 1.165) is 18.7 Å². The number of carbonyl (C=O) groups is 2. The standard InChI is InChI=1S/C13H15NO5S/c1-11-5-7-12(8-6-11)20(17,18)14(13(16)19-2)9-3-4-10-15/h3-8,10H,9H2,1-2H3/b4-3+. The molecule has 0 aliphatic rings. The summed E-state index contributed by atoms with van der Waals surface area (Å²) in [6, 6.07) is 6.07. The lowest BCUT2D eigenvalue weighted by Crippen LogP contribution is -2.37. The van der Waals surface area contributed by atoms with E-state index in [0.29, 0.717) is 10.6 Å². The van der Waals surface area contributed by atoms with Crippen molar-refractivity contribution in [1.82, 2.24) is 4.31 Å². The smallest absolute Gasteiger partial charge is 0.423 e. The van der Waals surface area contributed by atoms with Crippen LogP contribution in [-0.2, 0) is 19.6 Å². The zero-order valence-electron chi connectivity index (χ0n) is 11.1. The highest BCUT2D eigenvalue weighted by Gasteiger charge is 2.28. The van der Waals surface area contributed by atoms with Crippen molar-refractivity contribution in [3.8, 4) is 0 Å². The van der Waals surface area contributed by atoms with Crippen LogP contribution in [0.3, 0.4) is 0 Å². The van der Waals surface area contributed by atoms with E-state index in [4.69, 9.17) is 0 Å². The topological polar surface area (TPSA) is 80.8 Å². The molecule has 1 rings (SSSR count). The number of hydrogen-bond donors (Lipinski definition) is 0. The molecule has 0 radical (unpaired) electrons. The lowest BCUT2D eigenvalue weighted by molar-refractivity contribution is -0.104. The first-order valence-corrected chi connectivity index (χ1v) is 7.15. The third kappa shape index (κ3) is 3.67. The first-order chi connectivity index (χ1) is 9.43. The van der Waals surface area contributed by atoms with E-state index in [2.05, 4.69) is 4.74 Å². The van der Waals surface area contributed by atoms with Crippen LogP contribution in [0.5, 0.6) is 0 Å². The molecular formula is C13H15NO5S. The maximum Gasteiger partial charge on any atom is 0.423 e. The second-order valence-electron chi connectivity index (χ2n) is 3.88. The van der Waals surface area contributed by atoms with Gasteiger partial charge in [-0.25, -0.2) is 13.2 Å². The monoisotopic (exact) mass is 297 g/mol. The first kappa shape index (κ1) is 15.9. The number of sulfonamides is 1. The van der Waals surface area contributed by atoms with Crippen LogP contribution in [-0.4, -0.2) is 38.8 Å². The maximum absolute atomic E-state index is 12.3. The van der Waals surface area contributed by atoms with E-state index in [9.17, 15) is 18.0 Å². The number of aldehydes is 1. The molecule has 1 aromatic rings. The second kappa shape index (κ2) is 6.85. The normalized spacial score (nSPS) is 11.3. The van der Waals surface area contributed by atoms with Gasteiger partial charge in [0.25, 0.3) is 10.0 Å². The molecule has 0 fully saturated rings. The lowest BCUT2D eigenvalue weighted by Gasteiger charge is -2.19. The molecule has 1 aromatic carbocycles. The molecule has 0 N–H and O–H groups in total. The number of nitrogens with zero attached hydrogens (tertiary/aromatic N) is 1. The van der Waals surface area contributed by atoms with Gasteiger partial charge in [0.2, 0.25) is 0 Å². The molecule has 0 atom stereocenters. The van der Waals surface area contributed by atoms with Gasteiger partial charge in [-0.1, -0.05) is 23.8 Å². The highest BCUT2D eigenvalue weighted by atomic mass is 32.2. The molecule has 7 heteroatoms. The van der Waals surface area contributed by atoms with Crippen molar-refractivity contribution in [2.75, 3.05) is 13.7 Å². The number of amides is 1. The highest BCUT2D eigenvalue weighted by Crippen LogP contribution is 2.17. The largest absolute Gasteiger partial charge is 0.452 e. The van der Waals surface area contributed by atoms with E-state index >= 15 is 0 Å². The van der Waals surface area contributed by atoms with Crippen molar-refractivity contribution >= 4 is 22.4 Å². The summed E-state index contributed by atoms with van der Waals surface area (Å²) in [6.45, 7) is 1.54. The Morgan fingerprint density at radius 2 is 1.90 bits per heavy atom. The molecule has 20 heavy (non-hydrogen) atoms. The minimum Gasteiger partial charge on any atom is -0.452 e. The van der Waals surface area contributed by atoms with E-state index in [1.54, 1.807) is 12.1 Å². The average molecular weight is 297 g/mol. The van der Waals surface area contributed by atoms with Crippen LogP contribution in [0, 0.1) is 6.92 Å². The van der Waals surface area contributed by atoms with Crippen LogP contribution in [0.25, 0.3) is 0 Å². The van der Waals surface area contributed by atoms with Crippen LogP contribution in [0.1, 0.15) is 5.56 Å². The number of ether oxygens (including phenoxy) is 1. The third-order valence-electron chi connectivity index (χ3n) is 2.47. The number of aryl methyl sites for hydroxylation is 1. The van der Waals surface area contributed by atoms with E-state index < -0.39 is 16.1 Å². The Kier molecular flexibility index (Phi) is 5.45. The van der Waals surface area contributed by atoms with Crippen molar-refractivity contribution in [3.63, 3.8) is 0 Å². The summed E-state index contributed by atoms with van der Waals surface area (Å²) in [7, 11) is -2.93. The van der Waals surface area contributed by atoms with Crippen molar-refractivity contribution < 1.29 is 22.7 Å². The van der Waals surface area contributed by atoms with Crippen LogP contribution < -0.4 is 0 Å². The Labute approximate surface area is 117 Å². The molecule has 6 nitrogen and oxygen atoms in total. The van der Waals surface area contributed by atoms with Crippen molar-refractivity contribution in [3.05, 3.63) is 42.0 Å². The van der Waals surface area contributed by atoms with Gasteiger partial charge < -0.3 is 4.74 Å². The molecule has 0 spiro atoms. The Hall–Kier alpha value is -2.15. The number of benzene rings is 1. The molecule has 0 aromatic heterocycles. The van der Waals surface area contributed by atoms with E-state index in [1.165, 1.54) is 18.2 Å². The van der Waals surface area contributed by atoms with Crippen LogP contribution in [0.2, 0.25) is 0 Å². The van der Waals surface area contributed by atoms with Gasteiger partial charge in [0.05, 0.1) is 18.6 Å². The van der Waals surface area contributed by atoms with Gasteiger partial charge in [-0.05, 0) is 25.1 Å².